The smallest absolute Gasteiger partial charge is 0.297 e. The van der Waals surface area contributed by atoms with Crippen molar-refractivity contribution in [2.24, 2.45) is 5.92 Å². The fraction of sp³-hybridized carbons (Fsp3) is 0.600. The van der Waals surface area contributed by atoms with Crippen molar-refractivity contribution in [3.8, 4) is 0 Å². The summed E-state index contributed by atoms with van der Waals surface area (Å²) in [6, 6.07) is 6.55. The first-order valence-electron chi connectivity index (χ1n) is 9.34. The van der Waals surface area contributed by atoms with E-state index in [1.165, 1.54) is 12.8 Å². The Kier molecular flexibility index (Phi) is 5.30. The molecule has 0 aliphatic heterocycles. The van der Waals surface area contributed by atoms with Gasteiger partial charge >= 0.3 is 0 Å². The zero-order valence-corrected chi connectivity index (χ0v) is 15.8. The van der Waals surface area contributed by atoms with Crippen LogP contribution in [0.2, 0.25) is 0 Å². The second-order valence-electron chi connectivity index (χ2n) is 7.69. The predicted octanol–water partition coefficient (Wildman–Crippen LogP) is 4.32. The summed E-state index contributed by atoms with van der Waals surface area (Å²) in [5.74, 6) is 0.716. The molecule has 5 heteroatoms. The number of carbonyl (C=O) groups excluding carboxylic acids is 1. The van der Waals surface area contributed by atoms with Crippen LogP contribution in [0.5, 0.6) is 0 Å². The van der Waals surface area contributed by atoms with E-state index in [4.69, 9.17) is 4.42 Å². The summed E-state index contributed by atoms with van der Waals surface area (Å²) < 4.78 is 5.77. The molecule has 1 aliphatic rings. The largest absolute Gasteiger partial charge is 0.423 e. The molecule has 0 spiro atoms. The van der Waals surface area contributed by atoms with Gasteiger partial charge in [0, 0.05) is 32.2 Å². The maximum absolute atomic E-state index is 13.2. The molecule has 0 unspecified atom stereocenters. The number of amides is 1. The Bertz CT molecular complexity index is 730. The van der Waals surface area contributed by atoms with Gasteiger partial charge < -0.3 is 14.2 Å². The van der Waals surface area contributed by atoms with Crippen molar-refractivity contribution in [3.63, 3.8) is 0 Å². The summed E-state index contributed by atoms with van der Waals surface area (Å²) in [6.07, 6.45) is 5.74. The van der Waals surface area contributed by atoms with Crippen molar-refractivity contribution in [3.05, 3.63) is 23.8 Å². The summed E-state index contributed by atoms with van der Waals surface area (Å²) in [7, 11) is 3.79. The van der Waals surface area contributed by atoms with Crippen molar-refractivity contribution >= 4 is 23.0 Å². The van der Waals surface area contributed by atoms with Crippen molar-refractivity contribution in [2.75, 3.05) is 25.5 Å². The number of oxazole rings is 1. The average Bonchev–Trinajstić information content (AvgIpc) is 3.23. The molecule has 1 heterocycles. The van der Waals surface area contributed by atoms with Gasteiger partial charge in [0.15, 0.2) is 5.58 Å². The molecule has 25 heavy (non-hydrogen) atoms. The van der Waals surface area contributed by atoms with Crippen LogP contribution in [0.15, 0.2) is 22.6 Å². The first-order valence-corrected chi connectivity index (χ1v) is 9.34. The number of hydrogen-bond donors (Lipinski definition) is 0. The minimum atomic E-state index is 0.122. The highest BCUT2D eigenvalue weighted by Gasteiger charge is 2.27. The number of aromatic nitrogens is 1. The summed E-state index contributed by atoms with van der Waals surface area (Å²) in [5, 5.41) is 0. The van der Waals surface area contributed by atoms with E-state index in [1.54, 1.807) is 0 Å². The molecular weight excluding hydrogens is 314 g/mol. The number of nitrogens with zero attached hydrogens (tertiary/aromatic N) is 3. The fourth-order valence-electron chi connectivity index (χ4n) is 3.47. The Labute approximate surface area is 150 Å². The SMILES string of the molecule is CC(C)CCN(C(=O)c1ccc2nc(N(C)C)oc2c1)C1CCCC1. The van der Waals surface area contributed by atoms with Gasteiger partial charge in [-0.15, -0.1) is 0 Å². The first-order chi connectivity index (χ1) is 12.0. The molecule has 1 aromatic heterocycles. The molecule has 0 bridgehead atoms. The average molecular weight is 343 g/mol. The Balaban J connectivity index is 1.85. The normalized spacial score (nSPS) is 15.2. The molecule has 0 radical (unpaired) electrons. The highest BCUT2D eigenvalue weighted by molar-refractivity contribution is 5.97. The maximum atomic E-state index is 13.2. The van der Waals surface area contributed by atoms with E-state index in [2.05, 4.69) is 23.7 Å². The lowest BCUT2D eigenvalue weighted by Crippen LogP contribution is -2.40. The topological polar surface area (TPSA) is 49.6 Å². The highest BCUT2D eigenvalue weighted by atomic mass is 16.4. The van der Waals surface area contributed by atoms with Crippen molar-refractivity contribution in [1.82, 2.24) is 9.88 Å². The van der Waals surface area contributed by atoms with Crippen LogP contribution in [0.1, 0.15) is 56.3 Å². The van der Waals surface area contributed by atoms with Crippen LogP contribution < -0.4 is 4.90 Å². The molecule has 1 aromatic carbocycles. The number of anilines is 1. The number of rotatable bonds is 6. The number of fused-ring (bicyclic) bond motifs is 1. The Morgan fingerprint density at radius 1 is 1.28 bits per heavy atom. The molecule has 2 aromatic rings. The fourth-order valence-corrected chi connectivity index (χ4v) is 3.47. The quantitative estimate of drug-likeness (QED) is 0.783. The van der Waals surface area contributed by atoms with Crippen LogP contribution in [0.3, 0.4) is 0 Å². The van der Waals surface area contributed by atoms with Crippen LogP contribution in [-0.4, -0.2) is 42.5 Å². The number of benzene rings is 1. The summed E-state index contributed by atoms with van der Waals surface area (Å²) in [6.45, 7) is 5.25. The van der Waals surface area contributed by atoms with E-state index in [0.717, 1.165) is 31.3 Å². The van der Waals surface area contributed by atoms with E-state index in [-0.39, 0.29) is 5.91 Å². The van der Waals surface area contributed by atoms with Crippen LogP contribution >= 0.6 is 0 Å². The van der Waals surface area contributed by atoms with Crippen LogP contribution in [0.4, 0.5) is 6.01 Å². The number of hydrogen-bond acceptors (Lipinski definition) is 4. The van der Waals surface area contributed by atoms with Crippen molar-refractivity contribution < 1.29 is 9.21 Å². The molecule has 1 aliphatic carbocycles. The monoisotopic (exact) mass is 343 g/mol. The Hall–Kier alpha value is -2.04. The van der Waals surface area contributed by atoms with Gasteiger partial charge in [-0.3, -0.25) is 4.79 Å². The van der Waals surface area contributed by atoms with Gasteiger partial charge in [-0.1, -0.05) is 26.7 Å². The third kappa shape index (κ3) is 3.97. The minimum absolute atomic E-state index is 0.122. The van der Waals surface area contributed by atoms with E-state index < -0.39 is 0 Å². The van der Waals surface area contributed by atoms with Gasteiger partial charge in [0.25, 0.3) is 11.9 Å². The molecule has 1 fully saturated rings. The van der Waals surface area contributed by atoms with Crippen LogP contribution in [-0.2, 0) is 0 Å². The zero-order valence-electron chi connectivity index (χ0n) is 15.8. The summed E-state index contributed by atoms with van der Waals surface area (Å²) in [4.78, 5) is 21.5. The lowest BCUT2D eigenvalue weighted by molar-refractivity contribution is 0.0672. The molecule has 1 amide bonds. The lowest BCUT2D eigenvalue weighted by Gasteiger charge is -2.30. The van der Waals surface area contributed by atoms with Crippen molar-refractivity contribution in [2.45, 2.75) is 52.0 Å². The van der Waals surface area contributed by atoms with Gasteiger partial charge in [0.1, 0.15) is 5.52 Å². The van der Waals surface area contributed by atoms with E-state index in [9.17, 15) is 4.79 Å². The third-order valence-electron chi connectivity index (χ3n) is 4.98. The van der Waals surface area contributed by atoms with E-state index in [0.29, 0.717) is 29.1 Å². The molecule has 1 saturated carbocycles. The van der Waals surface area contributed by atoms with E-state index in [1.807, 2.05) is 37.2 Å². The maximum Gasteiger partial charge on any atom is 0.297 e. The third-order valence-corrected chi connectivity index (χ3v) is 4.98. The molecule has 0 atom stereocenters. The molecule has 136 valence electrons. The minimum Gasteiger partial charge on any atom is -0.423 e. The second-order valence-corrected chi connectivity index (χ2v) is 7.69. The van der Waals surface area contributed by atoms with Gasteiger partial charge in [-0.25, -0.2) is 0 Å². The van der Waals surface area contributed by atoms with Crippen LogP contribution in [0.25, 0.3) is 11.1 Å². The van der Waals surface area contributed by atoms with Gasteiger partial charge in [-0.05, 0) is 43.4 Å². The summed E-state index contributed by atoms with van der Waals surface area (Å²) >= 11 is 0. The number of carbonyl (C=O) groups is 1. The molecule has 0 saturated heterocycles. The Morgan fingerprint density at radius 3 is 2.64 bits per heavy atom. The molecule has 0 N–H and O–H groups in total. The molecule has 5 nitrogen and oxygen atoms in total. The molecular formula is C20H29N3O2. The summed E-state index contributed by atoms with van der Waals surface area (Å²) in [5.41, 5.74) is 2.16. The van der Waals surface area contributed by atoms with Crippen LogP contribution in [0, 0.1) is 5.92 Å². The predicted molar refractivity (Wildman–Crippen MR) is 101 cm³/mol. The highest BCUT2D eigenvalue weighted by Crippen LogP contribution is 2.27. The van der Waals surface area contributed by atoms with E-state index >= 15 is 0 Å². The molecule has 3 rings (SSSR count). The van der Waals surface area contributed by atoms with Gasteiger partial charge in [-0.2, -0.15) is 4.98 Å². The lowest BCUT2D eigenvalue weighted by atomic mass is 10.1. The zero-order chi connectivity index (χ0) is 18.0. The van der Waals surface area contributed by atoms with Gasteiger partial charge in [0.05, 0.1) is 0 Å². The Morgan fingerprint density at radius 2 is 2.00 bits per heavy atom. The first kappa shape index (κ1) is 17.8. The van der Waals surface area contributed by atoms with Gasteiger partial charge in [0.2, 0.25) is 0 Å². The second kappa shape index (κ2) is 7.46. The standard InChI is InChI=1S/C20H29N3O2/c1-14(2)11-12-23(16-7-5-6-8-16)19(24)15-9-10-17-18(13-15)25-20(21-17)22(3)4/h9-10,13-14,16H,5-8,11-12H2,1-4H3. The van der Waals surface area contributed by atoms with Crippen molar-refractivity contribution in [1.29, 1.82) is 0 Å².